The van der Waals surface area contributed by atoms with Crippen LogP contribution < -0.4 is 0 Å². The van der Waals surface area contributed by atoms with Crippen LogP contribution in [0.3, 0.4) is 0 Å². The normalized spacial score (nSPS) is 8.31. The quantitative estimate of drug-likeness (QED) is 0.290. The van der Waals surface area contributed by atoms with Crippen molar-refractivity contribution in [3.05, 3.63) is 41.4 Å². The summed E-state index contributed by atoms with van der Waals surface area (Å²) in [5, 5.41) is 0. The lowest BCUT2D eigenvalue weighted by molar-refractivity contribution is 0.000786. The standard InChI is InChI=1S/C10H12N2.H2O/c11-12-9-5-4-8-10-6-2-1-3-7-10;/h1-3,6-7,9H,4-5,8H2;1H2. The van der Waals surface area contributed by atoms with Crippen LogP contribution in [-0.2, 0) is 6.42 Å². The highest BCUT2D eigenvalue weighted by Gasteiger charge is 1.91. The molecule has 0 aliphatic rings. The molecule has 2 N–H and O–H groups in total. The summed E-state index contributed by atoms with van der Waals surface area (Å²) in [5.41, 5.74) is 9.47. The molecule has 1 aromatic carbocycles. The molecule has 0 unspecified atom stereocenters. The Balaban J connectivity index is 0.00000144. The van der Waals surface area contributed by atoms with E-state index in [2.05, 4.69) is 16.9 Å². The summed E-state index contributed by atoms with van der Waals surface area (Å²) in [6.45, 7) is 0. The molecule has 0 heterocycles. The van der Waals surface area contributed by atoms with E-state index in [1.807, 2.05) is 18.2 Å². The molecule has 1 rings (SSSR count). The summed E-state index contributed by atoms with van der Waals surface area (Å²) in [6, 6.07) is 10.3. The lowest BCUT2D eigenvalue weighted by Gasteiger charge is -1.95. The van der Waals surface area contributed by atoms with Crippen LogP contribution in [0.4, 0.5) is 0 Å². The van der Waals surface area contributed by atoms with Crippen molar-refractivity contribution in [2.24, 2.45) is 0 Å². The van der Waals surface area contributed by atoms with Crippen molar-refractivity contribution < 1.29 is 10.3 Å². The summed E-state index contributed by atoms with van der Waals surface area (Å²) in [6.07, 6.45) is 4.45. The molecule has 0 aliphatic carbocycles. The van der Waals surface area contributed by atoms with E-state index in [1.165, 1.54) is 11.8 Å². The molecular weight excluding hydrogens is 164 g/mol. The Kier molecular flexibility index (Phi) is 6.42. The molecule has 0 bridgehead atoms. The van der Waals surface area contributed by atoms with Crippen LogP contribution in [0.25, 0.3) is 5.53 Å². The van der Waals surface area contributed by atoms with E-state index in [4.69, 9.17) is 5.53 Å². The summed E-state index contributed by atoms with van der Waals surface area (Å²) in [4.78, 5) is 2.94. The van der Waals surface area contributed by atoms with Crippen LogP contribution in [-0.4, -0.2) is 16.5 Å². The lowest BCUT2D eigenvalue weighted by atomic mass is 10.1. The smallest absolute Gasteiger partial charge is 0.257 e. The first-order valence-electron chi connectivity index (χ1n) is 4.13. The molecule has 0 atom stereocenters. The SMILES string of the molecule is O.[N-]=[N+]=CCCCc1ccccc1. The van der Waals surface area contributed by atoms with Crippen molar-refractivity contribution in [3.8, 4) is 0 Å². The van der Waals surface area contributed by atoms with Gasteiger partial charge in [-0.1, -0.05) is 30.3 Å². The Bertz CT molecular complexity index is 266. The largest absolute Gasteiger partial charge is 0.412 e. The summed E-state index contributed by atoms with van der Waals surface area (Å²) in [7, 11) is 0. The zero-order chi connectivity index (χ0) is 8.65. The topological polar surface area (TPSA) is 67.9 Å². The summed E-state index contributed by atoms with van der Waals surface area (Å²) in [5.74, 6) is 0. The molecular formula is C10H14N2O. The van der Waals surface area contributed by atoms with Crippen LogP contribution in [0.5, 0.6) is 0 Å². The molecule has 70 valence electrons. The third-order valence-electron chi connectivity index (χ3n) is 1.72. The molecule has 0 saturated carbocycles. The van der Waals surface area contributed by atoms with Gasteiger partial charge in [-0.2, -0.15) is 4.79 Å². The zero-order valence-corrected chi connectivity index (χ0v) is 7.48. The van der Waals surface area contributed by atoms with E-state index in [-0.39, 0.29) is 5.48 Å². The fourth-order valence-electron chi connectivity index (χ4n) is 1.10. The first-order chi connectivity index (χ1) is 5.93. The average molecular weight is 178 g/mol. The number of hydrogen-bond acceptors (Lipinski definition) is 0. The van der Waals surface area contributed by atoms with E-state index >= 15 is 0 Å². The van der Waals surface area contributed by atoms with Gasteiger partial charge in [-0.3, -0.25) is 0 Å². The van der Waals surface area contributed by atoms with E-state index in [0.717, 1.165) is 19.3 Å². The minimum Gasteiger partial charge on any atom is -0.412 e. The van der Waals surface area contributed by atoms with E-state index in [0.29, 0.717) is 0 Å². The van der Waals surface area contributed by atoms with Crippen LogP contribution in [0.15, 0.2) is 30.3 Å². The number of unbranched alkanes of at least 4 members (excludes halogenated alkanes) is 1. The van der Waals surface area contributed by atoms with Gasteiger partial charge in [0, 0.05) is 6.42 Å². The fourth-order valence-corrected chi connectivity index (χ4v) is 1.10. The monoisotopic (exact) mass is 178 g/mol. The number of nitrogens with zero attached hydrogens (tertiary/aromatic N) is 2. The maximum Gasteiger partial charge on any atom is 0.257 e. The van der Waals surface area contributed by atoms with Crippen molar-refractivity contribution in [1.82, 2.24) is 0 Å². The van der Waals surface area contributed by atoms with E-state index < -0.39 is 0 Å². The molecule has 13 heavy (non-hydrogen) atoms. The van der Waals surface area contributed by atoms with Gasteiger partial charge < -0.3 is 11.0 Å². The van der Waals surface area contributed by atoms with Crippen LogP contribution in [0.1, 0.15) is 18.4 Å². The number of aryl methyl sites for hydroxylation is 1. The number of benzene rings is 1. The predicted molar refractivity (Wildman–Crippen MR) is 52.7 cm³/mol. The zero-order valence-electron chi connectivity index (χ0n) is 7.48. The van der Waals surface area contributed by atoms with Gasteiger partial charge in [0.15, 0.2) is 0 Å². The minimum atomic E-state index is 0. The molecule has 1 aromatic rings. The van der Waals surface area contributed by atoms with Crippen molar-refractivity contribution in [2.75, 3.05) is 0 Å². The van der Waals surface area contributed by atoms with Gasteiger partial charge >= 0.3 is 0 Å². The molecule has 0 amide bonds. The maximum atomic E-state index is 8.13. The van der Waals surface area contributed by atoms with Crippen molar-refractivity contribution in [2.45, 2.75) is 19.3 Å². The molecule has 0 radical (unpaired) electrons. The highest BCUT2D eigenvalue weighted by atomic mass is 16.0. The van der Waals surface area contributed by atoms with Gasteiger partial charge in [-0.05, 0) is 18.4 Å². The third kappa shape index (κ3) is 4.90. The van der Waals surface area contributed by atoms with Gasteiger partial charge in [-0.15, -0.1) is 0 Å². The Morgan fingerprint density at radius 3 is 2.54 bits per heavy atom. The third-order valence-corrected chi connectivity index (χ3v) is 1.72. The van der Waals surface area contributed by atoms with Crippen molar-refractivity contribution in [1.29, 1.82) is 0 Å². The molecule has 0 saturated heterocycles. The van der Waals surface area contributed by atoms with Gasteiger partial charge in [0.25, 0.3) is 6.21 Å². The van der Waals surface area contributed by atoms with E-state index in [1.54, 1.807) is 0 Å². The van der Waals surface area contributed by atoms with E-state index in [9.17, 15) is 0 Å². The molecule has 3 nitrogen and oxygen atoms in total. The highest BCUT2D eigenvalue weighted by molar-refractivity contribution is 5.49. The van der Waals surface area contributed by atoms with Gasteiger partial charge in [0.05, 0.1) is 0 Å². The molecule has 0 spiro atoms. The maximum absolute atomic E-state index is 8.13. The molecule has 0 aromatic heterocycles. The number of rotatable bonds is 4. The van der Waals surface area contributed by atoms with Gasteiger partial charge in [0.2, 0.25) is 0 Å². The minimum absolute atomic E-state index is 0. The highest BCUT2D eigenvalue weighted by Crippen LogP contribution is 2.02. The second-order valence-corrected chi connectivity index (χ2v) is 2.68. The average Bonchev–Trinajstić information content (AvgIpc) is 2.14. The van der Waals surface area contributed by atoms with Crippen molar-refractivity contribution in [3.63, 3.8) is 0 Å². The molecule has 3 heteroatoms. The fraction of sp³-hybridized carbons (Fsp3) is 0.300. The second-order valence-electron chi connectivity index (χ2n) is 2.68. The second kappa shape index (κ2) is 7.22. The van der Waals surface area contributed by atoms with Crippen molar-refractivity contribution >= 4 is 6.21 Å². The Morgan fingerprint density at radius 1 is 1.23 bits per heavy atom. The Labute approximate surface area is 78.0 Å². The Hall–Kier alpha value is -1.44. The lowest BCUT2D eigenvalue weighted by Crippen LogP contribution is -1.85. The number of hydrogen-bond donors (Lipinski definition) is 0. The van der Waals surface area contributed by atoms with Crippen LogP contribution in [0, 0.1) is 0 Å². The molecule has 0 aliphatic heterocycles. The van der Waals surface area contributed by atoms with Gasteiger partial charge in [0.1, 0.15) is 0 Å². The van der Waals surface area contributed by atoms with Crippen LogP contribution in [0.2, 0.25) is 0 Å². The summed E-state index contributed by atoms with van der Waals surface area (Å²) < 4.78 is 0. The Morgan fingerprint density at radius 2 is 1.92 bits per heavy atom. The van der Waals surface area contributed by atoms with Gasteiger partial charge in [-0.25, -0.2) is 0 Å². The molecule has 0 fully saturated rings. The first-order valence-corrected chi connectivity index (χ1v) is 4.13. The summed E-state index contributed by atoms with van der Waals surface area (Å²) >= 11 is 0. The first kappa shape index (κ1) is 11.6. The predicted octanol–water partition coefficient (Wildman–Crippen LogP) is 1.49. The van der Waals surface area contributed by atoms with Crippen LogP contribution >= 0.6 is 0 Å².